The minimum atomic E-state index is 0.137. The van der Waals surface area contributed by atoms with Crippen molar-refractivity contribution in [1.29, 1.82) is 0 Å². The molecule has 94 valence electrons. The molecule has 1 fully saturated rings. The van der Waals surface area contributed by atoms with Crippen LogP contribution in [0.1, 0.15) is 30.5 Å². The monoisotopic (exact) mass is 232 g/mol. The van der Waals surface area contributed by atoms with E-state index >= 15 is 0 Å². The van der Waals surface area contributed by atoms with E-state index in [1.807, 2.05) is 0 Å². The number of benzene rings is 1. The summed E-state index contributed by atoms with van der Waals surface area (Å²) in [4.78, 5) is 2.59. The van der Waals surface area contributed by atoms with Crippen molar-refractivity contribution in [2.24, 2.45) is 0 Å². The second-order valence-electron chi connectivity index (χ2n) is 5.61. The highest BCUT2D eigenvalue weighted by Crippen LogP contribution is 2.31. The summed E-state index contributed by atoms with van der Waals surface area (Å²) < 4.78 is 0. The number of hydrogen-bond donors (Lipinski definition) is 1. The van der Waals surface area contributed by atoms with Crippen LogP contribution in [0.15, 0.2) is 18.2 Å². The second kappa shape index (κ2) is 4.79. The molecule has 0 radical (unpaired) electrons. The van der Waals surface area contributed by atoms with Crippen molar-refractivity contribution in [1.82, 2.24) is 10.2 Å². The molecule has 0 saturated carbocycles. The van der Waals surface area contributed by atoms with Gasteiger partial charge in [0.15, 0.2) is 0 Å². The summed E-state index contributed by atoms with van der Waals surface area (Å²) in [6.07, 6.45) is 0. The van der Waals surface area contributed by atoms with Gasteiger partial charge in [-0.2, -0.15) is 0 Å². The first-order chi connectivity index (χ1) is 8.01. The first-order valence-corrected chi connectivity index (χ1v) is 6.55. The van der Waals surface area contributed by atoms with Crippen molar-refractivity contribution in [3.8, 4) is 0 Å². The number of piperazine rings is 1. The van der Waals surface area contributed by atoms with E-state index in [0.717, 1.165) is 26.2 Å². The van der Waals surface area contributed by atoms with E-state index in [1.165, 1.54) is 16.7 Å². The standard InChI is InChI=1S/C15H24N2/c1-12-5-6-13(2)14(11-12)15(3,4)17-9-7-16-8-10-17/h5-6,11,16H,7-10H2,1-4H3. The molecule has 1 aliphatic heterocycles. The first-order valence-electron chi connectivity index (χ1n) is 6.55. The van der Waals surface area contributed by atoms with Gasteiger partial charge in [0.2, 0.25) is 0 Å². The van der Waals surface area contributed by atoms with Gasteiger partial charge in [0.25, 0.3) is 0 Å². The summed E-state index contributed by atoms with van der Waals surface area (Å²) in [5.74, 6) is 0. The van der Waals surface area contributed by atoms with Gasteiger partial charge in [0.1, 0.15) is 0 Å². The lowest BCUT2D eigenvalue weighted by Gasteiger charge is -2.42. The molecule has 17 heavy (non-hydrogen) atoms. The zero-order chi connectivity index (χ0) is 12.5. The molecule has 0 aromatic heterocycles. The van der Waals surface area contributed by atoms with E-state index in [9.17, 15) is 0 Å². The second-order valence-corrected chi connectivity index (χ2v) is 5.61. The zero-order valence-corrected chi connectivity index (χ0v) is 11.5. The van der Waals surface area contributed by atoms with Crippen molar-refractivity contribution in [2.75, 3.05) is 26.2 Å². The Kier molecular flexibility index (Phi) is 3.55. The predicted octanol–water partition coefficient (Wildman–Crippen LogP) is 2.44. The van der Waals surface area contributed by atoms with Crippen molar-refractivity contribution in [3.63, 3.8) is 0 Å². The van der Waals surface area contributed by atoms with Crippen molar-refractivity contribution >= 4 is 0 Å². The molecule has 0 aliphatic carbocycles. The van der Waals surface area contributed by atoms with Gasteiger partial charge in [0.05, 0.1) is 0 Å². The van der Waals surface area contributed by atoms with Gasteiger partial charge in [-0.25, -0.2) is 0 Å². The van der Waals surface area contributed by atoms with Crippen LogP contribution in [0.4, 0.5) is 0 Å². The molecule has 2 heteroatoms. The Morgan fingerprint density at radius 3 is 2.41 bits per heavy atom. The summed E-state index contributed by atoms with van der Waals surface area (Å²) in [6.45, 7) is 13.6. The lowest BCUT2D eigenvalue weighted by atomic mass is 9.87. The summed E-state index contributed by atoms with van der Waals surface area (Å²) in [5.41, 5.74) is 4.37. The Bertz CT molecular complexity index is 390. The van der Waals surface area contributed by atoms with Gasteiger partial charge in [0, 0.05) is 31.7 Å². The van der Waals surface area contributed by atoms with Gasteiger partial charge in [-0.05, 0) is 38.8 Å². The highest BCUT2D eigenvalue weighted by molar-refractivity contribution is 5.35. The molecule has 1 aromatic rings. The Labute approximate surface area is 105 Å². The van der Waals surface area contributed by atoms with Crippen molar-refractivity contribution in [3.05, 3.63) is 34.9 Å². The SMILES string of the molecule is Cc1ccc(C)c(C(C)(C)N2CCNCC2)c1. The van der Waals surface area contributed by atoms with Crippen LogP contribution in [0.2, 0.25) is 0 Å². The van der Waals surface area contributed by atoms with E-state index in [1.54, 1.807) is 0 Å². The fourth-order valence-electron chi connectivity index (χ4n) is 2.79. The number of nitrogens with one attached hydrogen (secondary N) is 1. The maximum atomic E-state index is 3.42. The highest BCUT2D eigenvalue weighted by atomic mass is 15.2. The van der Waals surface area contributed by atoms with Crippen LogP contribution in [0.3, 0.4) is 0 Å². The third-order valence-electron chi connectivity index (χ3n) is 3.96. The largest absolute Gasteiger partial charge is 0.314 e. The fourth-order valence-corrected chi connectivity index (χ4v) is 2.79. The molecule has 1 N–H and O–H groups in total. The molecule has 1 heterocycles. The normalized spacial score (nSPS) is 18.4. The molecule has 0 bridgehead atoms. The third-order valence-corrected chi connectivity index (χ3v) is 3.96. The van der Waals surface area contributed by atoms with Crippen LogP contribution in [-0.4, -0.2) is 31.1 Å². The lowest BCUT2D eigenvalue weighted by Crippen LogP contribution is -2.52. The average Bonchev–Trinajstić information content (AvgIpc) is 2.33. The van der Waals surface area contributed by atoms with Crippen LogP contribution in [-0.2, 0) is 5.54 Å². The summed E-state index contributed by atoms with van der Waals surface area (Å²) in [5, 5.41) is 3.42. The summed E-state index contributed by atoms with van der Waals surface area (Å²) >= 11 is 0. The molecule has 0 spiro atoms. The van der Waals surface area contributed by atoms with Gasteiger partial charge >= 0.3 is 0 Å². The van der Waals surface area contributed by atoms with Crippen LogP contribution in [0.5, 0.6) is 0 Å². The smallest absolute Gasteiger partial charge is 0.0408 e. The Hall–Kier alpha value is -0.860. The van der Waals surface area contributed by atoms with Crippen LogP contribution in [0, 0.1) is 13.8 Å². The van der Waals surface area contributed by atoms with Gasteiger partial charge < -0.3 is 5.32 Å². The molecule has 1 saturated heterocycles. The van der Waals surface area contributed by atoms with Crippen LogP contribution < -0.4 is 5.32 Å². The third kappa shape index (κ3) is 2.53. The predicted molar refractivity (Wildman–Crippen MR) is 73.4 cm³/mol. The lowest BCUT2D eigenvalue weighted by molar-refractivity contribution is 0.102. The topological polar surface area (TPSA) is 15.3 Å². The molecule has 2 nitrogen and oxygen atoms in total. The number of rotatable bonds is 2. The maximum absolute atomic E-state index is 3.42. The number of hydrogen-bond acceptors (Lipinski definition) is 2. The molecule has 0 atom stereocenters. The quantitative estimate of drug-likeness (QED) is 0.842. The first kappa shape index (κ1) is 12.6. The molecule has 0 unspecified atom stereocenters. The highest BCUT2D eigenvalue weighted by Gasteiger charge is 2.30. The van der Waals surface area contributed by atoms with Crippen molar-refractivity contribution in [2.45, 2.75) is 33.2 Å². The van der Waals surface area contributed by atoms with Gasteiger partial charge in [-0.15, -0.1) is 0 Å². The van der Waals surface area contributed by atoms with Crippen LogP contribution in [0.25, 0.3) is 0 Å². The average molecular weight is 232 g/mol. The molecule has 1 aromatic carbocycles. The molecular formula is C15H24N2. The molecular weight excluding hydrogens is 208 g/mol. The minimum Gasteiger partial charge on any atom is -0.314 e. The van der Waals surface area contributed by atoms with Gasteiger partial charge in [-0.3, -0.25) is 4.90 Å². The molecule has 2 rings (SSSR count). The molecule has 1 aliphatic rings. The number of nitrogens with zero attached hydrogens (tertiary/aromatic N) is 1. The number of aryl methyl sites for hydroxylation is 2. The van der Waals surface area contributed by atoms with E-state index in [2.05, 4.69) is 56.1 Å². The maximum Gasteiger partial charge on any atom is 0.0408 e. The van der Waals surface area contributed by atoms with Crippen molar-refractivity contribution < 1.29 is 0 Å². The van der Waals surface area contributed by atoms with E-state index in [4.69, 9.17) is 0 Å². The van der Waals surface area contributed by atoms with E-state index < -0.39 is 0 Å². The summed E-state index contributed by atoms with van der Waals surface area (Å²) in [7, 11) is 0. The van der Waals surface area contributed by atoms with Crippen LogP contribution >= 0.6 is 0 Å². The van der Waals surface area contributed by atoms with E-state index in [-0.39, 0.29) is 5.54 Å². The molecule has 0 amide bonds. The minimum absolute atomic E-state index is 0.137. The van der Waals surface area contributed by atoms with Gasteiger partial charge in [-0.1, -0.05) is 23.8 Å². The van der Waals surface area contributed by atoms with E-state index in [0.29, 0.717) is 0 Å². The summed E-state index contributed by atoms with van der Waals surface area (Å²) in [6, 6.07) is 6.79. The Morgan fingerprint density at radius 1 is 1.12 bits per heavy atom. The zero-order valence-electron chi connectivity index (χ0n) is 11.5. The Morgan fingerprint density at radius 2 is 1.76 bits per heavy atom. The Balaban J connectivity index is 2.32. The fraction of sp³-hybridized carbons (Fsp3) is 0.600.